The molecule has 0 saturated heterocycles. The Morgan fingerprint density at radius 2 is 2.21 bits per heavy atom. The predicted molar refractivity (Wildman–Crippen MR) is 54.8 cm³/mol. The van der Waals surface area contributed by atoms with Gasteiger partial charge >= 0.3 is 0 Å². The Labute approximate surface area is 84.7 Å². The second kappa shape index (κ2) is 5.70. The molecule has 0 aliphatic carbocycles. The van der Waals surface area contributed by atoms with Crippen molar-refractivity contribution in [1.82, 2.24) is 20.2 Å². The van der Waals surface area contributed by atoms with Gasteiger partial charge in [-0.1, -0.05) is 13.8 Å². The fourth-order valence-electron chi connectivity index (χ4n) is 1.31. The molecule has 1 atom stereocenters. The summed E-state index contributed by atoms with van der Waals surface area (Å²) in [6, 6.07) is 0. The van der Waals surface area contributed by atoms with Gasteiger partial charge in [-0.15, -0.1) is 5.10 Å². The lowest BCUT2D eigenvalue weighted by molar-refractivity contribution is 0.504. The van der Waals surface area contributed by atoms with Crippen LogP contribution in [0.1, 0.15) is 44.9 Å². The van der Waals surface area contributed by atoms with E-state index in [0.717, 1.165) is 38.2 Å². The molecule has 2 N–H and O–H groups in total. The Morgan fingerprint density at radius 3 is 2.86 bits per heavy atom. The third-order valence-electron chi connectivity index (χ3n) is 2.44. The summed E-state index contributed by atoms with van der Waals surface area (Å²) in [5.74, 6) is 1.42. The molecule has 0 radical (unpaired) electrons. The molecule has 1 aromatic rings. The van der Waals surface area contributed by atoms with Crippen LogP contribution in [0.2, 0.25) is 0 Å². The number of rotatable bonds is 6. The number of nitrogens with two attached hydrogens (primary N) is 1. The minimum absolute atomic E-state index is 0.433. The first-order valence-corrected chi connectivity index (χ1v) is 5.25. The molecule has 1 rings (SSSR count). The standard InChI is InChI=1S/C9H19N5/c1-3-8(2)9-11-12-13-14(9)7-5-4-6-10/h8H,3-7,10H2,1-2H3. The molecule has 0 fully saturated rings. The summed E-state index contributed by atoms with van der Waals surface area (Å²) in [5.41, 5.74) is 5.43. The molecule has 0 spiro atoms. The zero-order chi connectivity index (χ0) is 10.4. The van der Waals surface area contributed by atoms with Crippen LogP contribution in [-0.2, 0) is 6.54 Å². The summed E-state index contributed by atoms with van der Waals surface area (Å²) in [5, 5.41) is 11.7. The van der Waals surface area contributed by atoms with Crippen LogP contribution in [-0.4, -0.2) is 26.8 Å². The first kappa shape index (κ1) is 11.1. The van der Waals surface area contributed by atoms with E-state index in [0.29, 0.717) is 5.92 Å². The molecule has 0 bridgehead atoms. The summed E-state index contributed by atoms with van der Waals surface area (Å²) in [7, 11) is 0. The highest BCUT2D eigenvalue weighted by atomic mass is 15.5. The molecule has 1 unspecified atom stereocenters. The van der Waals surface area contributed by atoms with Crippen LogP contribution in [0.4, 0.5) is 0 Å². The number of nitrogens with zero attached hydrogens (tertiary/aromatic N) is 4. The van der Waals surface area contributed by atoms with Crippen LogP contribution in [0.25, 0.3) is 0 Å². The summed E-state index contributed by atoms with van der Waals surface area (Å²) >= 11 is 0. The van der Waals surface area contributed by atoms with Crippen LogP contribution in [0.15, 0.2) is 0 Å². The Hall–Kier alpha value is -0.970. The van der Waals surface area contributed by atoms with Crippen LogP contribution >= 0.6 is 0 Å². The first-order valence-electron chi connectivity index (χ1n) is 5.25. The molecule has 0 aliphatic heterocycles. The molecular formula is C9H19N5. The van der Waals surface area contributed by atoms with E-state index >= 15 is 0 Å². The number of hydrogen-bond acceptors (Lipinski definition) is 4. The number of unbranched alkanes of at least 4 members (excludes halogenated alkanes) is 1. The van der Waals surface area contributed by atoms with Crippen LogP contribution in [0.5, 0.6) is 0 Å². The molecular weight excluding hydrogens is 178 g/mol. The number of tetrazole rings is 1. The van der Waals surface area contributed by atoms with E-state index in [9.17, 15) is 0 Å². The largest absolute Gasteiger partial charge is 0.330 e. The zero-order valence-corrected chi connectivity index (χ0v) is 8.98. The van der Waals surface area contributed by atoms with Crippen LogP contribution in [0, 0.1) is 0 Å². The van der Waals surface area contributed by atoms with Gasteiger partial charge in [-0.2, -0.15) is 0 Å². The van der Waals surface area contributed by atoms with Gasteiger partial charge in [0.1, 0.15) is 0 Å². The van der Waals surface area contributed by atoms with Crippen molar-refractivity contribution in [3.63, 3.8) is 0 Å². The van der Waals surface area contributed by atoms with Crippen molar-refractivity contribution in [2.45, 2.75) is 45.6 Å². The minimum atomic E-state index is 0.433. The van der Waals surface area contributed by atoms with Crippen molar-refractivity contribution in [2.24, 2.45) is 5.73 Å². The maximum atomic E-state index is 5.43. The second-order valence-electron chi connectivity index (χ2n) is 3.57. The Kier molecular flexibility index (Phi) is 4.52. The molecule has 5 heteroatoms. The Balaban J connectivity index is 2.53. The molecule has 1 heterocycles. The summed E-state index contributed by atoms with van der Waals surface area (Å²) in [6.07, 6.45) is 3.14. The van der Waals surface area contributed by atoms with Crippen LogP contribution < -0.4 is 5.73 Å². The summed E-state index contributed by atoms with van der Waals surface area (Å²) < 4.78 is 1.89. The van der Waals surface area contributed by atoms with Gasteiger partial charge < -0.3 is 5.73 Å². The maximum absolute atomic E-state index is 5.43. The summed E-state index contributed by atoms with van der Waals surface area (Å²) in [4.78, 5) is 0. The van der Waals surface area contributed by atoms with Crippen molar-refractivity contribution in [2.75, 3.05) is 6.54 Å². The lowest BCUT2D eigenvalue weighted by atomic mass is 10.1. The Bertz CT molecular complexity index is 257. The molecule has 80 valence electrons. The van der Waals surface area contributed by atoms with Crippen molar-refractivity contribution < 1.29 is 0 Å². The van der Waals surface area contributed by atoms with E-state index in [1.165, 1.54) is 0 Å². The van der Waals surface area contributed by atoms with Gasteiger partial charge in [0.15, 0.2) is 5.82 Å². The number of aryl methyl sites for hydroxylation is 1. The average Bonchev–Trinajstić information content (AvgIpc) is 2.65. The average molecular weight is 197 g/mol. The van der Waals surface area contributed by atoms with E-state index in [2.05, 4.69) is 29.4 Å². The monoisotopic (exact) mass is 197 g/mol. The number of hydrogen-bond donors (Lipinski definition) is 1. The lowest BCUT2D eigenvalue weighted by Crippen LogP contribution is -2.10. The topological polar surface area (TPSA) is 69.6 Å². The molecule has 5 nitrogen and oxygen atoms in total. The molecule has 0 saturated carbocycles. The zero-order valence-electron chi connectivity index (χ0n) is 8.98. The van der Waals surface area contributed by atoms with Gasteiger partial charge in [0, 0.05) is 12.5 Å². The van der Waals surface area contributed by atoms with Crippen molar-refractivity contribution in [1.29, 1.82) is 0 Å². The summed E-state index contributed by atoms with van der Waals surface area (Å²) in [6.45, 7) is 5.90. The molecule has 0 aliphatic rings. The van der Waals surface area contributed by atoms with E-state index in [-0.39, 0.29) is 0 Å². The molecule has 14 heavy (non-hydrogen) atoms. The van der Waals surface area contributed by atoms with Gasteiger partial charge in [-0.05, 0) is 36.2 Å². The quantitative estimate of drug-likeness (QED) is 0.689. The molecule has 0 amide bonds. The van der Waals surface area contributed by atoms with Gasteiger partial charge in [0.25, 0.3) is 0 Å². The molecule has 0 aromatic carbocycles. The van der Waals surface area contributed by atoms with Crippen molar-refractivity contribution in [3.05, 3.63) is 5.82 Å². The maximum Gasteiger partial charge on any atom is 0.154 e. The van der Waals surface area contributed by atoms with E-state index in [4.69, 9.17) is 5.73 Å². The smallest absolute Gasteiger partial charge is 0.154 e. The highest BCUT2D eigenvalue weighted by Crippen LogP contribution is 2.14. The van der Waals surface area contributed by atoms with Crippen LogP contribution in [0.3, 0.4) is 0 Å². The fraction of sp³-hybridized carbons (Fsp3) is 0.889. The van der Waals surface area contributed by atoms with Crippen molar-refractivity contribution >= 4 is 0 Å². The predicted octanol–water partition coefficient (Wildman–Crippen LogP) is 0.925. The fourth-order valence-corrected chi connectivity index (χ4v) is 1.31. The first-order chi connectivity index (χ1) is 6.79. The second-order valence-corrected chi connectivity index (χ2v) is 3.57. The third kappa shape index (κ3) is 2.77. The number of aromatic nitrogens is 4. The van der Waals surface area contributed by atoms with Gasteiger partial charge in [0.2, 0.25) is 0 Å². The van der Waals surface area contributed by atoms with Crippen molar-refractivity contribution in [3.8, 4) is 0 Å². The lowest BCUT2D eigenvalue weighted by Gasteiger charge is -2.08. The SMILES string of the molecule is CCC(C)c1nnnn1CCCCN. The Morgan fingerprint density at radius 1 is 1.43 bits per heavy atom. The third-order valence-corrected chi connectivity index (χ3v) is 2.44. The van der Waals surface area contributed by atoms with E-state index in [1.54, 1.807) is 0 Å². The van der Waals surface area contributed by atoms with E-state index < -0.39 is 0 Å². The van der Waals surface area contributed by atoms with Gasteiger partial charge in [-0.3, -0.25) is 0 Å². The normalized spacial score (nSPS) is 13.1. The van der Waals surface area contributed by atoms with Gasteiger partial charge in [-0.25, -0.2) is 4.68 Å². The highest BCUT2D eigenvalue weighted by molar-refractivity contribution is 4.89. The minimum Gasteiger partial charge on any atom is -0.330 e. The van der Waals surface area contributed by atoms with Gasteiger partial charge in [0.05, 0.1) is 0 Å². The van der Waals surface area contributed by atoms with E-state index in [1.807, 2.05) is 4.68 Å². The highest BCUT2D eigenvalue weighted by Gasteiger charge is 2.11. The molecule has 1 aromatic heterocycles.